The fraction of sp³-hybridized carbons (Fsp3) is 0.179. The first-order chi connectivity index (χ1) is 18.3. The highest BCUT2D eigenvalue weighted by Crippen LogP contribution is 2.32. The molecule has 6 rings (SSSR count). The van der Waals surface area contributed by atoms with E-state index < -0.39 is 23.7 Å². The van der Waals surface area contributed by atoms with Crippen molar-refractivity contribution >= 4 is 29.3 Å². The molecule has 0 saturated carbocycles. The molecule has 190 valence electrons. The Hall–Kier alpha value is -4.37. The van der Waals surface area contributed by atoms with E-state index in [0.29, 0.717) is 44.2 Å². The summed E-state index contributed by atoms with van der Waals surface area (Å²) in [5.74, 6) is -1.55. The zero-order valence-corrected chi connectivity index (χ0v) is 21.0. The number of aryl methyl sites for hydroxylation is 1. The predicted octanol–water partition coefficient (Wildman–Crippen LogP) is 4.14. The van der Waals surface area contributed by atoms with Gasteiger partial charge in [-0.15, -0.1) is 0 Å². The highest BCUT2D eigenvalue weighted by atomic mass is 35.5. The molecule has 4 heterocycles. The number of carbonyl (C=O) groups excluding carboxylic acids is 3. The number of halogens is 2. The van der Waals surface area contributed by atoms with Crippen molar-refractivity contribution in [1.29, 1.82) is 0 Å². The molecule has 38 heavy (non-hydrogen) atoms. The van der Waals surface area contributed by atoms with Crippen molar-refractivity contribution < 1.29 is 18.8 Å². The summed E-state index contributed by atoms with van der Waals surface area (Å²) in [6.07, 6.45) is 3.36. The Kier molecular flexibility index (Phi) is 5.80. The fourth-order valence-corrected chi connectivity index (χ4v) is 5.47. The van der Waals surface area contributed by atoms with Crippen LogP contribution in [-0.2, 0) is 20.0 Å². The Bertz CT molecular complexity index is 1580. The number of hydrogen-bond acceptors (Lipinski definition) is 5. The van der Waals surface area contributed by atoms with Gasteiger partial charge in [0.25, 0.3) is 17.7 Å². The van der Waals surface area contributed by atoms with Crippen LogP contribution in [0.4, 0.5) is 4.39 Å². The second kappa shape index (κ2) is 9.18. The van der Waals surface area contributed by atoms with Crippen molar-refractivity contribution in [2.24, 2.45) is 7.05 Å². The van der Waals surface area contributed by atoms with Crippen LogP contribution in [0.1, 0.15) is 42.3 Å². The fourth-order valence-electron chi connectivity index (χ4n) is 5.20. The molecule has 1 atom stereocenters. The standard InChI is InChI=1S/C28H21ClFN5O3/c1-33-25(23(29)13-32-33)17-11-18-14-34(28(38)24(18)31-12-17)20(10-16-5-4-6-19(30)9-16)15-35-26(36)21-7-2-3-8-22(21)27(35)37/h2-9,11-13,20H,10,14-15H2,1H3/t20-/m1/s1. The van der Waals surface area contributed by atoms with Crippen LogP contribution in [0.3, 0.4) is 0 Å². The van der Waals surface area contributed by atoms with Gasteiger partial charge in [0, 0.05) is 30.9 Å². The molecule has 2 aromatic carbocycles. The number of fused-ring (bicyclic) bond motifs is 2. The number of rotatable bonds is 6. The number of pyridine rings is 1. The second-order valence-electron chi connectivity index (χ2n) is 9.38. The topological polar surface area (TPSA) is 88.4 Å². The molecule has 0 N–H and O–H groups in total. The molecule has 10 heteroatoms. The monoisotopic (exact) mass is 529 g/mol. The Morgan fingerprint density at radius 3 is 2.37 bits per heavy atom. The Morgan fingerprint density at radius 2 is 1.71 bits per heavy atom. The van der Waals surface area contributed by atoms with Crippen molar-refractivity contribution in [3.05, 3.63) is 106 Å². The number of benzene rings is 2. The number of nitrogens with zero attached hydrogens (tertiary/aromatic N) is 5. The second-order valence-corrected chi connectivity index (χ2v) is 9.79. The molecule has 4 aromatic rings. The van der Waals surface area contributed by atoms with Crippen molar-refractivity contribution in [2.45, 2.75) is 19.0 Å². The van der Waals surface area contributed by atoms with E-state index in [4.69, 9.17) is 11.6 Å². The molecule has 0 unspecified atom stereocenters. The van der Waals surface area contributed by atoms with Crippen molar-refractivity contribution in [3.8, 4) is 11.3 Å². The molecule has 0 aliphatic carbocycles. The molecular formula is C28H21ClFN5O3. The largest absolute Gasteiger partial charge is 0.328 e. The van der Waals surface area contributed by atoms with Gasteiger partial charge in [-0.1, -0.05) is 35.9 Å². The van der Waals surface area contributed by atoms with Crippen LogP contribution in [0.25, 0.3) is 11.3 Å². The number of hydrogen-bond donors (Lipinski definition) is 0. The van der Waals surface area contributed by atoms with E-state index in [9.17, 15) is 18.8 Å². The SMILES string of the molecule is Cn1ncc(Cl)c1-c1cnc2c(c1)CN([C@H](Cc1cccc(F)c1)CN1C(=O)c3ccccc3C1=O)C2=O. The first kappa shape index (κ1) is 24.0. The van der Waals surface area contributed by atoms with Crippen LogP contribution in [0.15, 0.2) is 67.0 Å². The van der Waals surface area contributed by atoms with Gasteiger partial charge in [0.1, 0.15) is 11.5 Å². The van der Waals surface area contributed by atoms with Gasteiger partial charge < -0.3 is 4.90 Å². The first-order valence-electron chi connectivity index (χ1n) is 12.0. The minimum absolute atomic E-state index is 0.0387. The Morgan fingerprint density at radius 1 is 0.974 bits per heavy atom. The molecule has 3 amide bonds. The van der Waals surface area contributed by atoms with E-state index in [2.05, 4.69) is 10.1 Å². The van der Waals surface area contributed by atoms with Gasteiger partial charge in [-0.05, 0) is 42.3 Å². The van der Waals surface area contributed by atoms with Gasteiger partial charge in [0.2, 0.25) is 0 Å². The predicted molar refractivity (Wildman–Crippen MR) is 137 cm³/mol. The summed E-state index contributed by atoms with van der Waals surface area (Å²) in [5.41, 5.74) is 3.68. The summed E-state index contributed by atoms with van der Waals surface area (Å²) < 4.78 is 15.6. The average Bonchev–Trinajstić information content (AvgIpc) is 3.50. The molecule has 2 aliphatic heterocycles. The molecule has 2 aromatic heterocycles. The van der Waals surface area contributed by atoms with E-state index >= 15 is 0 Å². The third-order valence-electron chi connectivity index (χ3n) is 7.01. The minimum atomic E-state index is -0.607. The lowest BCUT2D eigenvalue weighted by Gasteiger charge is -2.30. The van der Waals surface area contributed by atoms with Gasteiger partial charge in [-0.25, -0.2) is 4.39 Å². The summed E-state index contributed by atoms with van der Waals surface area (Å²) in [6.45, 7) is 0.177. The van der Waals surface area contributed by atoms with Gasteiger partial charge in [-0.3, -0.25) is 28.9 Å². The van der Waals surface area contributed by atoms with E-state index in [-0.39, 0.29) is 25.4 Å². The van der Waals surface area contributed by atoms with Crippen LogP contribution in [0.5, 0.6) is 0 Å². The number of amides is 3. The molecule has 0 radical (unpaired) electrons. The summed E-state index contributed by atoms with van der Waals surface area (Å²) in [6, 6.07) is 14.0. The smallest absolute Gasteiger partial charge is 0.273 e. The van der Waals surface area contributed by atoms with E-state index in [1.807, 2.05) is 6.07 Å². The lowest BCUT2D eigenvalue weighted by molar-refractivity contribution is 0.0526. The van der Waals surface area contributed by atoms with Crippen LogP contribution >= 0.6 is 11.6 Å². The summed E-state index contributed by atoms with van der Waals surface area (Å²) in [5, 5.41) is 4.63. The number of aromatic nitrogens is 3. The summed E-state index contributed by atoms with van der Waals surface area (Å²) in [4.78, 5) is 47.0. The van der Waals surface area contributed by atoms with E-state index in [1.165, 1.54) is 17.0 Å². The normalized spacial score (nSPS) is 15.3. The molecule has 0 fully saturated rings. The lowest BCUT2D eigenvalue weighted by atomic mass is 10.0. The summed E-state index contributed by atoms with van der Waals surface area (Å²) >= 11 is 6.31. The minimum Gasteiger partial charge on any atom is -0.328 e. The van der Waals surface area contributed by atoms with Crippen LogP contribution in [0.2, 0.25) is 5.02 Å². The van der Waals surface area contributed by atoms with Crippen molar-refractivity contribution in [2.75, 3.05) is 6.54 Å². The maximum Gasteiger partial charge on any atom is 0.273 e. The summed E-state index contributed by atoms with van der Waals surface area (Å²) in [7, 11) is 1.77. The third kappa shape index (κ3) is 3.95. The quantitative estimate of drug-likeness (QED) is 0.350. The molecule has 2 aliphatic rings. The van der Waals surface area contributed by atoms with Crippen molar-refractivity contribution in [1.82, 2.24) is 24.6 Å². The molecule has 0 bridgehead atoms. The molecular weight excluding hydrogens is 509 g/mol. The highest BCUT2D eigenvalue weighted by molar-refractivity contribution is 6.33. The molecule has 8 nitrogen and oxygen atoms in total. The third-order valence-corrected chi connectivity index (χ3v) is 7.29. The zero-order chi connectivity index (χ0) is 26.6. The van der Waals surface area contributed by atoms with Crippen LogP contribution < -0.4 is 0 Å². The van der Waals surface area contributed by atoms with Gasteiger partial charge >= 0.3 is 0 Å². The van der Waals surface area contributed by atoms with Crippen molar-refractivity contribution in [3.63, 3.8) is 0 Å². The van der Waals surface area contributed by atoms with Gasteiger partial charge in [0.05, 0.1) is 40.6 Å². The molecule has 0 spiro atoms. The zero-order valence-electron chi connectivity index (χ0n) is 20.3. The number of carbonyl (C=O) groups is 3. The number of imide groups is 1. The highest BCUT2D eigenvalue weighted by Gasteiger charge is 2.41. The average molecular weight is 530 g/mol. The van der Waals surface area contributed by atoms with E-state index in [0.717, 1.165) is 0 Å². The van der Waals surface area contributed by atoms with Gasteiger partial charge in [0.15, 0.2) is 0 Å². The van der Waals surface area contributed by atoms with E-state index in [1.54, 1.807) is 65.4 Å². The Labute approximate surface area is 222 Å². The van der Waals surface area contributed by atoms with Crippen LogP contribution in [-0.4, -0.2) is 54.9 Å². The molecule has 0 saturated heterocycles. The van der Waals surface area contributed by atoms with Gasteiger partial charge in [-0.2, -0.15) is 5.10 Å². The van der Waals surface area contributed by atoms with Crippen LogP contribution in [0, 0.1) is 5.82 Å². The maximum atomic E-state index is 14.0. The maximum absolute atomic E-state index is 14.0. The first-order valence-corrected chi connectivity index (χ1v) is 12.4. The lowest BCUT2D eigenvalue weighted by Crippen LogP contribution is -2.47. The Balaban J connectivity index is 1.34.